The summed E-state index contributed by atoms with van der Waals surface area (Å²) < 4.78 is 259. The maximum Gasteiger partial charge on any atom is 0.297 e. The van der Waals surface area contributed by atoms with Crippen LogP contribution in [0.1, 0.15) is 97.8 Å². The summed E-state index contributed by atoms with van der Waals surface area (Å²) in [5.41, 5.74) is 10.4. The van der Waals surface area contributed by atoms with Crippen molar-refractivity contribution in [1.82, 2.24) is 30.1 Å². The van der Waals surface area contributed by atoms with Gasteiger partial charge in [-0.15, -0.1) is 0 Å². The monoisotopic (exact) mass is 2100 g/mol. The van der Waals surface area contributed by atoms with E-state index in [0.29, 0.717) is 80.6 Å². The molecule has 12 aromatic rings. The minimum absolute atomic E-state index is 0.0180. The third-order valence-electron chi connectivity index (χ3n) is 22.5. The second-order valence-electron chi connectivity index (χ2n) is 33.7. The Hall–Kier alpha value is -12.7. The number of phenols is 1. The first-order chi connectivity index (χ1) is 65.9. The molecule has 6 heterocycles. The molecule has 3 aliphatic heterocycles. The number of benzene rings is 9. The summed E-state index contributed by atoms with van der Waals surface area (Å²) >= 11 is 0. The van der Waals surface area contributed by atoms with Crippen LogP contribution in [0, 0.1) is 24.4 Å². The van der Waals surface area contributed by atoms with E-state index in [1.165, 1.54) is 90.0 Å². The number of rotatable bonds is 33. The number of aromatic hydroxyl groups is 1. The van der Waals surface area contributed by atoms with E-state index in [0.717, 1.165) is 96.9 Å². The quantitative estimate of drug-likeness (QED) is 0.0322. The fraction of sp³-hybridized carbons (Fsp3) is 0.305. The standard InChI is InChI=1S/C31H32FN3O7S2.C28H26FN3O5S.C23H24FN3O6S2.C10H14O5S2.C3H8O3S/c1-34(44(4,39)40)29-25-16-22(15-20-5-9-23(32)10-6-20)17-33-28(25)30(42-19-21-7-11-24(41-2)12-8-21)27-26(29)18-35(31(27)36)13-14-43(3,37)38;1-32(38(3,34)35)26-22-13-19(12-17-4-8-20(29)9-5-17)14-30-25(22)27(24-23(26)15-31-28(24)33)37-16-18-6-10-21(36-2)11-7-18;1-26(35(3,32)33)21-17-11-15(10-14-4-6-16(24)7-5-14)12-25-20(17)22(28)19-18(21)13-27(23(19)29)8-9-34(2,30)31;1-9-3-5-10(6-4-9)17(13,14)15-7-8-16(2,11)12;1-7(5,6)3-2-4/h5-12,16-17H,13-15,18-19H2,1-4H3;4-11,13-14H,12,15-16H2,1-3H3,(H,31,33);4-7,11-12,28H,8-10,13H2,1-3H3;3-6H,7-8H2,1-2H3;4H,2-3H2,1H3. The Kier molecular flexibility index (Phi) is 34.4. The topological polar surface area (TPSA) is 478 Å². The lowest BCUT2D eigenvalue weighted by Crippen LogP contribution is -2.29. The molecule has 3 aliphatic rings. The first kappa shape index (κ1) is 109. The predicted molar refractivity (Wildman–Crippen MR) is 530 cm³/mol. The fourth-order valence-corrected chi connectivity index (χ4v) is 19.5. The van der Waals surface area contributed by atoms with Crippen LogP contribution >= 0.6 is 0 Å². The van der Waals surface area contributed by atoms with Crippen LogP contribution in [0.15, 0.2) is 187 Å². The van der Waals surface area contributed by atoms with Gasteiger partial charge in [0.15, 0.2) is 17.2 Å². The van der Waals surface area contributed by atoms with Crippen molar-refractivity contribution < 1.29 is 128 Å². The van der Waals surface area contributed by atoms with Gasteiger partial charge in [-0.05, 0) is 162 Å². The number of sulfonamides is 3. The number of aromatic nitrogens is 3. The van der Waals surface area contributed by atoms with Gasteiger partial charge in [-0.1, -0.05) is 78.4 Å². The van der Waals surface area contributed by atoms with Crippen LogP contribution in [0.2, 0.25) is 0 Å². The Labute approximate surface area is 816 Å². The van der Waals surface area contributed by atoms with E-state index in [-0.39, 0.29) is 167 Å². The van der Waals surface area contributed by atoms with E-state index < -0.39 is 91.4 Å². The number of halogens is 3. The zero-order valence-electron chi connectivity index (χ0n) is 78.8. The van der Waals surface area contributed by atoms with E-state index in [2.05, 4.69) is 24.5 Å². The highest BCUT2D eigenvalue weighted by Gasteiger charge is 2.41. The van der Waals surface area contributed by atoms with E-state index >= 15 is 0 Å². The first-order valence-electron chi connectivity index (χ1n) is 42.8. The molecule has 3 N–H and O–H groups in total. The highest BCUT2D eigenvalue weighted by atomic mass is 32.2. The molecule has 0 fully saturated rings. The molecule has 754 valence electrons. The molecule has 15 rings (SSSR count). The van der Waals surface area contributed by atoms with Crippen molar-refractivity contribution in [2.45, 2.75) is 63.9 Å². The number of nitrogens with zero attached hydrogens (tertiary/aromatic N) is 8. The Morgan fingerprint density at radius 2 is 0.745 bits per heavy atom. The number of hydrogen-bond acceptors (Lipinski definition) is 29. The Bertz CT molecular complexity index is 7750. The molecule has 3 amide bonds. The van der Waals surface area contributed by atoms with Gasteiger partial charge < -0.3 is 44.3 Å². The molecule has 141 heavy (non-hydrogen) atoms. The zero-order chi connectivity index (χ0) is 104. The number of aliphatic hydroxyl groups is 1. The third-order valence-corrected chi connectivity index (χ3v) is 31.0. The minimum Gasteiger partial charge on any atom is -0.505 e. The lowest BCUT2D eigenvalue weighted by Gasteiger charge is -2.24. The summed E-state index contributed by atoms with van der Waals surface area (Å²) in [5.74, 6) is -2.00. The van der Waals surface area contributed by atoms with Crippen LogP contribution in [0.3, 0.4) is 0 Å². The lowest BCUT2D eigenvalue weighted by atomic mass is 9.98. The predicted octanol–water partition coefficient (Wildman–Crippen LogP) is 9.97. The van der Waals surface area contributed by atoms with Crippen molar-refractivity contribution in [2.75, 3.05) is 141 Å². The Balaban J connectivity index is 0.000000182. The number of nitrogens with one attached hydrogen (secondary N) is 1. The van der Waals surface area contributed by atoms with Gasteiger partial charge in [0.25, 0.3) is 27.8 Å². The summed E-state index contributed by atoms with van der Waals surface area (Å²) in [6.07, 6.45) is 13.5. The van der Waals surface area contributed by atoms with Gasteiger partial charge in [-0.3, -0.25) is 46.4 Å². The van der Waals surface area contributed by atoms with Crippen molar-refractivity contribution >= 4 is 147 Å². The highest BCUT2D eigenvalue weighted by Crippen LogP contribution is 2.49. The van der Waals surface area contributed by atoms with Gasteiger partial charge in [-0.2, -0.15) is 8.42 Å². The van der Waals surface area contributed by atoms with Crippen LogP contribution in [0.5, 0.6) is 28.7 Å². The number of ether oxygens (including phenoxy) is 4. The summed E-state index contributed by atoms with van der Waals surface area (Å²) in [6.45, 7) is 1.32. The SMILES string of the molecule is CN(c1c2c(c(O)c3ncc(Cc4ccc(F)cc4)cc13)C(=O)N(CCS(C)(=O)=O)C2)S(C)(=O)=O.COc1ccc(COc2c3c(c(N(C)S(C)(=O)=O)c4cc(Cc5ccc(F)cc5)cnc24)CN(CCS(C)(=O)=O)C3=O)cc1.COc1ccc(COc2c3c(c(N(C)S(C)(=O)=O)c4cc(Cc5ccc(F)cc5)cnc24)CNC3=O)cc1.CS(=O)(=O)CCO.Cc1ccc(S(=O)(=O)OCCS(C)(=O)=O)cc1. The average molecular weight is 2100 g/mol. The lowest BCUT2D eigenvalue weighted by molar-refractivity contribution is 0.0777. The number of amides is 3. The molecular weight excluding hydrogens is 2000 g/mol. The van der Waals surface area contributed by atoms with Crippen LogP contribution < -0.4 is 37.2 Å². The maximum absolute atomic E-state index is 13.8. The van der Waals surface area contributed by atoms with Crippen molar-refractivity contribution in [2.24, 2.45) is 0 Å². The normalized spacial score (nSPS) is 13.2. The van der Waals surface area contributed by atoms with Gasteiger partial charge in [0.05, 0.1) is 108 Å². The average Bonchev–Trinajstić information content (AvgIpc) is 1.62. The molecule has 35 nitrogen and oxygen atoms in total. The van der Waals surface area contributed by atoms with E-state index in [9.17, 15) is 100 Å². The molecule has 3 aromatic heterocycles. The van der Waals surface area contributed by atoms with Crippen molar-refractivity contribution in [3.8, 4) is 28.7 Å². The van der Waals surface area contributed by atoms with E-state index in [1.54, 1.807) is 99.4 Å². The number of anilines is 3. The number of methoxy groups -OCH3 is 2. The number of aryl methyl sites for hydroxylation is 1. The number of carbonyl (C=O) groups is 3. The second kappa shape index (κ2) is 44.7. The molecule has 0 aliphatic carbocycles. The van der Waals surface area contributed by atoms with Gasteiger partial charge >= 0.3 is 0 Å². The molecule has 0 unspecified atom stereocenters. The van der Waals surface area contributed by atoms with Crippen LogP contribution in [0.4, 0.5) is 30.2 Å². The molecule has 0 spiro atoms. The van der Waals surface area contributed by atoms with Crippen molar-refractivity contribution in [1.29, 1.82) is 0 Å². The second-order valence-corrected chi connectivity index (χ2v) is 50.4. The number of phenolic OH excluding ortho intramolecular Hbond substituents is 1. The van der Waals surface area contributed by atoms with Crippen LogP contribution in [-0.2, 0) is 136 Å². The number of sulfone groups is 4. The Morgan fingerprint density at radius 3 is 1.09 bits per heavy atom. The van der Waals surface area contributed by atoms with E-state index in [1.807, 2.05) is 49.4 Å². The molecule has 0 saturated heterocycles. The van der Waals surface area contributed by atoms with E-state index in [4.69, 9.17) is 24.1 Å². The van der Waals surface area contributed by atoms with Gasteiger partial charge in [0.1, 0.15) is 98.1 Å². The number of carbonyl (C=O) groups excluding carboxylic acids is 3. The number of pyridine rings is 3. The maximum atomic E-state index is 13.8. The zero-order valence-corrected chi connectivity index (χ0v) is 85.3. The molecule has 0 radical (unpaired) electrons. The number of fused-ring (bicyclic) bond motifs is 6. The number of hydrogen-bond donors (Lipinski definition) is 3. The fourth-order valence-electron chi connectivity index (χ4n) is 15.1. The first-order valence-corrected chi connectivity index (χ1v) is 57.9. The van der Waals surface area contributed by atoms with Crippen molar-refractivity contribution in [3.63, 3.8) is 0 Å². The smallest absolute Gasteiger partial charge is 0.297 e. The molecule has 0 atom stereocenters. The summed E-state index contributed by atoms with van der Waals surface area (Å²) in [7, 11) is -20.6. The number of aliphatic hydroxyl groups excluding tert-OH is 1. The summed E-state index contributed by atoms with van der Waals surface area (Å²) in [5, 5.41) is 23.1. The molecular formula is C95H104F3N9O26S8. The molecule has 0 saturated carbocycles. The van der Waals surface area contributed by atoms with Gasteiger partial charge in [0, 0.05) is 130 Å². The minimum atomic E-state index is -3.86. The van der Waals surface area contributed by atoms with Gasteiger partial charge in [0.2, 0.25) is 30.1 Å². The Morgan fingerprint density at radius 1 is 0.411 bits per heavy atom. The van der Waals surface area contributed by atoms with Gasteiger partial charge in [-0.25, -0.2) is 72.1 Å². The molecule has 46 heteroatoms. The third kappa shape index (κ3) is 28.4. The summed E-state index contributed by atoms with van der Waals surface area (Å²) in [4.78, 5) is 56.2. The molecule has 9 aromatic carbocycles. The highest BCUT2D eigenvalue weighted by molar-refractivity contribution is 7.93. The van der Waals surface area contributed by atoms with Crippen LogP contribution in [-0.4, -0.2) is 248 Å². The van der Waals surface area contributed by atoms with Crippen molar-refractivity contribution in [3.05, 3.63) is 283 Å². The van der Waals surface area contributed by atoms with Crippen LogP contribution in [0.25, 0.3) is 32.7 Å². The molecule has 0 bridgehead atoms. The largest absolute Gasteiger partial charge is 0.505 e. The summed E-state index contributed by atoms with van der Waals surface area (Å²) in [6, 6.07) is 44.2.